The van der Waals surface area contributed by atoms with E-state index in [0.717, 1.165) is 37.8 Å². The van der Waals surface area contributed by atoms with Crippen molar-refractivity contribution in [3.63, 3.8) is 0 Å². The van der Waals surface area contributed by atoms with Gasteiger partial charge in [-0.1, -0.05) is 30.1 Å². The average Bonchev–Trinajstić information content (AvgIpc) is 3.36. The number of benzene rings is 1. The minimum Gasteiger partial charge on any atom is -0.355 e. The maximum Gasteiger partial charge on any atom is 0.416 e. The number of rotatable bonds is 8. The molecule has 1 N–H and O–H groups in total. The van der Waals surface area contributed by atoms with E-state index < -0.39 is 39.0 Å². The predicted octanol–water partition coefficient (Wildman–Crippen LogP) is 4.74. The van der Waals surface area contributed by atoms with Crippen molar-refractivity contribution in [2.45, 2.75) is 82.4 Å². The van der Waals surface area contributed by atoms with Gasteiger partial charge in [0.05, 0.1) is 10.8 Å². The summed E-state index contributed by atoms with van der Waals surface area (Å²) in [6.07, 6.45) is 0.369. The lowest BCUT2D eigenvalue weighted by molar-refractivity contribution is -0.137. The van der Waals surface area contributed by atoms with Crippen molar-refractivity contribution in [3.05, 3.63) is 41.1 Å². The molecule has 2 aliphatic rings. The fraction of sp³-hybridized carbons (Fsp3) is 0.565. The lowest BCUT2D eigenvalue weighted by Crippen LogP contribution is -2.39. The molecular weight excluding hydrogens is 471 g/mol. The number of nitrogens with one attached hydrogen (secondary N) is 1. The van der Waals surface area contributed by atoms with Gasteiger partial charge in [0.2, 0.25) is 10.0 Å². The van der Waals surface area contributed by atoms with Crippen molar-refractivity contribution in [1.29, 1.82) is 0 Å². The number of sulfonamides is 1. The summed E-state index contributed by atoms with van der Waals surface area (Å²) >= 11 is 0. The van der Waals surface area contributed by atoms with Gasteiger partial charge in [-0.3, -0.25) is 4.79 Å². The van der Waals surface area contributed by atoms with Crippen LogP contribution in [0.2, 0.25) is 0 Å². The van der Waals surface area contributed by atoms with Gasteiger partial charge in [0.25, 0.3) is 5.91 Å². The molecular formula is C23H28F3N3O4S. The van der Waals surface area contributed by atoms with E-state index in [1.807, 2.05) is 0 Å². The van der Waals surface area contributed by atoms with E-state index in [0.29, 0.717) is 12.8 Å². The first-order chi connectivity index (χ1) is 16.0. The molecule has 2 saturated carbocycles. The molecule has 2 aliphatic carbocycles. The second-order valence-electron chi connectivity index (χ2n) is 9.25. The van der Waals surface area contributed by atoms with Gasteiger partial charge < -0.3 is 9.84 Å². The first-order valence-electron chi connectivity index (χ1n) is 11.5. The number of aromatic nitrogens is 1. The molecule has 186 valence electrons. The summed E-state index contributed by atoms with van der Waals surface area (Å²) in [6.45, 7) is 3.32. The Morgan fingerprint density at radius 2 is 1.76 bits per heavy atom. The van der Waals surface area contributed by atoms with Crippen LogP contribution in [-0.4, -0.2) is 41.1 Å². The van der Waals surface area contributed by atoms with Gasteiger partial charge in [-0.2, -0.15) is 17.5 Å². The third-order valence-corrected chi connectivity index (χ3v) is 8.85. The molecule has 34 heavy (non-hydrogen) atoms. The van der Waals surface area contributed by atoms with E-state index in [1.165, 1.54) is 16.4 Å². The maximum atomic E-state index is 13.1. The number of halogens is 3. The fourth-order valence-corrected chi connectivity index (χ4v) is 6.29. The lowest BCUT2D eigenvalue weighted by Gasteiger charge is -2.26. The van der Waals surface area contributed by atoms with Crippen LogP contribution in [0.3, 0.4) is 0 Å². The second kappa shape index (κ2) is 9.33. The van der Waals surface area contributed by atoms with E-state index in [-0.39, 0.29) is 35.2 Å². The summed E-state index contributed by atoms with van der Waals surface area (Å²) in [5.41, 5.74) is -0.341. The summed E-state index contributed by atoms with van der Waals surface area (Å²) < 4.78 is 72.0. The minimum absolute atomic E-state index is 0.00275. The molecule has 0 radical (unpaired) electrons. The van der Waals surface area contributed by atoms with Crippen LogP contribution in [0.1, 0.15) is 74.0 Å². The van der Waals surface area contributed by atoms with Crippen LogP contribution in [0.15, 0.2) is 28.8 Å². The lowest BCUT2D eigenvalue weighted by atomic mass is 10.0. The number of hydrogen-bond donors (Lipinski definition) is 1. The van der Waals surface area contributed by atoms with Gasteiger partial charge in [0.1, 0.15) is 0 Å². The van der Waals surface area contributed by atoms with E-state index in [9.17, 15) is 26.4 Å². The summed E-state index contributed by atoms with van der Waals surface area (Å²) in [7, 11) is -3.61. The normalized spacial score (nSPS) is 17.6. The van der Waals surface area contributed by atoms with Crippen LogP contribution in [0.4, 0.5) is 13.2 Å². The number of amides is 1. The quantitative estimate of drug-likeness (QED) is 0.567. The Morgan fingerprint density at radius 1 is 1.15 bits per heavy atom. The molecule has 0 unspecified atom stereocenters. The van der Waals surface area contributed by atoms with Crippen molar-refractivity contribution in [2.24, 2.45) is 0 Å². The number of alkyl halides is 3. The molecule has 7 nitrogen and oxygen atoms in total. The van der Waals surface area contributed by atoms with E-state index in [2.05, 4.69) is 10.5 Å². The van der Waals surface area contributed by atoms with Gasteiger partial charge in [0.15, 0.2) is 11.5 Å². The van der Waals surface area contributed by atoms with Crippen LogP contribution in [0.5, 0.6) is 0 Å². The van der Waals surface area contributed by atoms with Crippen molar-refractivity contribution in [2.75, 3.05) is 0 Å². The zero-order chi connectivity index (χ0) is 24.7. The molecule has 0 saturated heterocycles. The molecule has 0 bridgehead atoms. The second-order valence-corrected chi connectivity index (χ2v) is 11.4. The molecule has 0 spiro atoms. The van der Waals surface area contributed by atoms with E-state index in [4.69, 9.17) is 4.52 Å². The van der Waals surface area contributed by atoms with Crippen molar-refractivity contribution >= 4 is 15.9 Å². The minimum atomic E-state index is -4.50. The molecule has 1 heterocycles. The first-order valence-corrected chi connectivity index (χ1v) is 13.0. The standard InChI is InChI=1S/C23H28F3N3O4S/c1-14(2)29(34(31,32)18-11-12-18)13-19-20(22(30)27-17-5-3-4-6-17)28-33-21(19)15-7-9-16(10-8-15)23(24,25)26/h7-10,14,17-18H,3-6,11-13H2,1-2H3,(H,27,30). The highest BCUT2D eigenvalue weighted by molar-refractivity contribution is 7.90. The Morgan fingerprint density at radius 3 is 2.29 bits per heavy atom. The summed E-state index contributed by atoms with van der Waals surface area (Å²) in [5.74, 6) is -0.390. The number of carbonyl (C=O) groups excluding carboxylic acids is 1. The van der Waals surface area contributed by atoms with Crippen LogP contribution in [0.25, 0.3) is 11.3 Å². The van der Waals surface area contributed by atoms with Crippen molar-refractivity contribution in [1.82, 2.24) is 14.8 Å². The third kappa shape index (κ3) is 5.14. The molecule has 1 amide bonds. The summed E-state index contributed by atoms with van der Waals surface area (Å²) in [6, 6.07) is 3.92. The van der Waals surface area contributed by atoms with Crippen LogP contribution in [-0.2, 0) is 22.7 Å². The molecule has 2 fully saturated rings. The monoisotopic (exact) mass is 499 g/mol. The predicted molar refractivity (Wildman–Crippen MR) is 119 cm³/mol. The number of carbonyl (C=O) groups is 1. The zero-order valence-electron chi connectivity index (χ0n) is 19.1. The molecule has 0 atom stereocenters. The number of nitrogens with zero attached hydrogens (tertiary/aromatic N) is 2. The first kappa shape index (κ1) is 24.7. The van der Waals surface area contributed by atoms with Crippen LogP contribution < -0.4 is 5.32 Å². The fourth-order valence-electron chi connectivity index (χ4n) is 4.28. The molecule has 1 aromatic heterocycles. The van der Waals surface area contributed by atoms with Gasteiger partial charge in [-0.05, 0) is 51.7 Å². The van der Waals surface area contributed by atoms with Gasteiger partial charge in [0, 0.05) is 29.8 Å². The Labute approximate surface area is 196 Å². The summed E-state index contributed by atoms with van der Waals surface area (Å²) in [5, 5.41) is 6.40. The van der Waals surface area contributed by atoms with E-state index >= 15 is 0 Å². The highest BCUT2D eigenvalue weighted by Crippen LogP contribution is 2.36. The molecule has 1 aromatic carbocycles. The Bertz CT molecular complexity index is 1130. The molecule has 0 aliphatic heterocycles. The number of hydrogen-bond acceptors (Lipinski definition) is 5. The molecule has 2 aromatic rings. The Balaban J connectivity index is 1.72. The van der Waals surface area contributed by atoms with E-state index in [1.54, 1.807) is 13.8 Å². The third-order valence-electron chi connectivity index (χ3n) is 6.33. The average molecular weight is 500 g/mol. The highest BCUT2D eigenvalue weighted by Gasteiger charge is 2.42. The summed E-state index contributed by atoms with van der Waals surface area (Å²) in [4.78, 5) is 13.0. The van der Waals surface area contributed by atoms with Crippen LogP contribution in [0, 0.1) is 0 Å². The maximum absolute atomic E-state index is 13.1. The van der Waals surface area contributed by atoms with Gasteiger partial charge in [-0.25, -0.2) is 8.42 Å². The zero-order valence-corrected chi connectivity index (χ0v) is 19.9. The SMILES string of the molecule is CC(C)N(Cc1c(C(=O)NC2CCCC2)noc1-c1ccc(C(F)(F)F)cc1)S(=O)(=O)C1CC1. The molecule has 11 heteroatoms. The van der Waals surface area contributed by atoms with Gasteiger partial charge >= 0.3 is 6.18 Å². The van der Waals surface area contributed by atoms with Crippen molar-refractivity contribution in [3.8, 4) is 11.3 Å². The van der Waals surface area contributed by atoms with Gasteiger partial charge in [-0.15, -0.1) is 0 Å². The largest absolute Gasteiger partial charge is 0.416 e. The smallest absolute Gasteiger partial charge is 0.355 e. The Hall–Kier alpha value is -2.40. The van der Waals surface area contributed by atoms with Crippen LogP contribution >= 0.6 is 0 Å². The van der Waals surface area contributed by atoms with Crippen molar-refractivity contribution < 1.29 is 30.9 Å². The highest BCUT2D eigenvalue weighted by atomic mass is 32.2. The topological polar surface area (TPSA) is 92.5 Å². The molecule has 4 rings (SSSR count). The Kier molecular flexibility index (Phi) is 6.78.